The van der Waals surface area contributed by atoms with E-state index in [0.29, 0.717) is 6.04 Å². The number of hydrogen-bond donors (Lipinski definition) is 1. The molecule has 3 rings (SSSR count). The van der Waals surface area contributed by atoms with Gasteiger partial charge in [0.2, 0.25) is 0 Å². The molecule has 2 aromatic rings. The predicted octanol–water partition coefficient (Wildman–Crippen LogP) is 3.26. The summed E-state index contributed by atoms with van der Waals surface area (Å²) in [4.78, 5) is 4.30. The zero-order chi connectivity index (χ0) is 12.5. The molecule has 4 heteroatoms. The van der Waals surface area contributed by atoms with Crippen LogP contribution in [-0.4, -0.2) is 16.1 Å². The van der Waals surface area contributed by atoms with Crippen molar-refractivity contribution >= 4 is 11.6 Å². The molecule has 1 atom stereocenters. The second-order valence-corrected chi connectivity index (χ2v) is 5.20. The van der Waals surface area contributed by atoms with Gasteiger partial charge in [-0.2, -0.15) is 0 Å². The third-order valence-corrected chi connectivity index (χ3v) is 3.74. The molecule has 0 saturated carbocycles. The van der Waals surface area contributed by atoms with Gasteiger partial charge in [-0.05, 0) is 50.1 Å². The summed E-state index contributed by atoms with van der Waals surface area (Å²) >= 11 is 6.01. The minimum atomic E-state index is 0.419. The van der Waals surface area contributed by atoms with E-state index >= 15 is 0 Å². The lowest BCUT2D eigenvalue weighted by Gasteiger charge is -2.15. The summed E-state index contributed by atoms with van der Waals surface area (Å²) in [6.07, 6.45) is 6.25. The number of rotatable bonds is 2. The summed E-state index contributed by atoms with van der Waals surface area (Å²) in [6, 6.07) is 6.39. The van der Waals surface area contributed by atoms with Crippen molar-refractivity contribution < 1.29 is 0 Å². The Bertz CT molecular complexity index is 556. The molecule has 0 bridgehead atoms. The number of halogens is 1. The van der Waals surface area contributed by atoms with Crippen molar-refractivity contribution in [2.45, 2.75) is 25.8 Å². The zero-order valence-electron chi connectivity index (χ0n) is 10.4. The summed E-state index contributed by atoms with van der Waals surface area (Å²) in [7, 11) is 0. The van der Waals surface area contributed by atoms with Gasteiger partial charge < -0.3 is 9.88 Å². The molecule has 1 fully saturated rings. The van der Waals surface area contributed by atoms with Gasteiger partial charge in [-0.25, -0.2) is 4.98 Å². The van der Waals surface area contributed by atoms with E-state index in [9.17, 15) is 0 Å². The number of aryl methyl sites for hydroxylation is 1. The zero-order valence-corrected chi connectivity index (χ0v) is 11.1. The first-order valence-electron chi connectivity index (χ1n) is 6.28. The first kappa shape index (κ1) is 11.8. The number of nitrogens with one attached hydrogen (secondary N) is 1. The van der Waals surface area contributed by atoms with Crippen molar-refractivity contribution in [3.05, 3.63) is 47.0 Å². The van der Waals surface area contributed by atoms with Gasteiger partial charge in [-0.15, -0.1) is 0 Å². The Morgan fingerprint density at radius 3 is 3.06 bits per heavy atom. The maximum atomic E-state index is 6.01. The van der Waals surface area contributed by atoms with Crippen LogP contribution in [0.5, 0.6) is 0 Å². The molecule has 1 aliphatic heterocycles. The molecule has 0 amide bonds. The molecule has 1 aromatic carbocycles. The minimum absolute atomic E-state index is 0.419. The molecule has 1 aliphatic rings. The molecule has 94 valence electrons. The summed E-state index contributed by atoms with van der Waals surface area (Å²) < 4.78 is 2.16. The highest BCUT2D eigenvalue weighted by Gasteiger charge is 2.20. The number of benzene rings is 1. The number of imidazole rings is 1. The average molecular weight is 262 g/mol. The van der Waals surface area contributed by atoms with Crippen molar-refractivity contribution in [3.63, 3.8) is 0 Å². The first-order chi connectivity index (χ1) is 8.75. The fraction of sp³-hybridized carbons (Fsp3) is 0.357. The molecule has 18 heavy (non-hydrogen) atoms. The van der Waals surface area contributed by atoms with E-state index in [2.05, 4.69) is 27.9 Å². The Morgan fingerprint density at radius 1 is 1.44 bits per heavy atom. The molecule has 1 N–H and O–H groups in total. The fourth-order valence-corrected chi connectivity index (χ4v) is 2.82. The van der Waals surface area contributed by atoms with Gasteiger partial charge in [0.25, 0.3) is 0 Å². The topological polar surface area (TPSA) is 29.9 Å². The molecule has 0 radical (unpaired) electrons. The van der Waals surface area contributed by atoms with Crippen LogP contribution in [0.2, 0.25) is 5.02 Å². The summed E-state index contributed by atoms with van der Waals surface area (Å²) in [5.74, 6) is 0. The third kappa shape index (κ3) is 2.04. The molecular formula is C14H16ClN3. The molecule has 1 unspecified atom stereocenters. The van der Waals surface area contributed by atoms with Crippen molar-refractivity contribution in [1.29, 1.82) is 0 Å². The third-order valence-electron chi connectivity index (χ3n) is 3.50. The molecule has 1 aromatic heterocycles. The second kappa shape index (κ2) is 4.75. The highest BCUT2D eigenvalue weighted by atomic mass is 35.5. The maximum Gasteiger partial charge on any atom is 0.0994 e. The Morgan fingerprint density at radius 2 is 2.33 bits per heavy atom. The van der Waals surface area contributed by atoms with Crippen LogP contribution < -0.4 is 5.32 Å². The minimum Gasteiger partial charge on any atom is -0.309 e. The Kier molecular flexibility index (Phi) is 3.10. The van der Waals surface area contributed by atoms with Crippen LogP contribution in [0.4, 0.5) is 0 Å². The smallest absolute Gasteiger partial charge is 0.0994 e. The fourth-order valence-electron chi connectivity index (χ4n) is 2.59. The highest BCUT2D eigenvalue weighted by molar-refractivity contribution is 6.30. The molecule has 2 heterocycles. The predicted molar refractivity (Wildman–Crippen MR) is 73.3 cm³/mol. The van der Waals surface area contributed by atoms with E-state index in [-0.39, 0.29) is 0 Å². The number of hydrogen-bond acceptors (Lipinski definition) is 2. The quantitative estimate of drug-likeness (QED) is 0.899. The first-order valence-corrected chi connectivity index (χ1v) is 6.65. The van der Waals surface area contributed by atoms with Gasteiger partial charge in [0.05, 0.1) is 18.2 Å². The standard InChI is InChI=1S/C14H16ClN3/c1-10-7-11(15)4-5-13(10)18-9-16-8-14(18)12-3-2-6-17-12/h4-5,7-9,12,17H,2-3,6H2,1H3. The lowest BCUT2D eigenvalue weighted by Crippen LogP contribution is -2.16. The highest BCUT2D eigenvalue weighted by Crippen LogP contribution is 2.27. The molecule has 1 saturated heterocycles. The van der Waals surface area contributed by atoms with E-state index in [1.807, 2.05) is 24.7 Å². The lowest BCUT2D eigenvalue weighted by atomic mass is 10.1. The summed E-state index contributed by atoms with van der Waals surface area (Å²) in [5, 5.41) is 4.29. The van der Waals surface area contributed by atoms with Crippen molar-refractivity contribution in [2.24, 2.45) is 0 Å². The molecule has 0 aliphatic carbocycles. The molecule has 3 nitrogen and oxygen atoms in total. The summed E-state index contributed by atoms with van der Waals surface area (Å²) in [5.41, 5.74) is 3.55. The van der Waals surface area contributed by atoms with Crippen LogP contribution in [0.1, 0.15) is 30.1 Å². The van der Waals surface area contributed by atoms with E-state index < -0.39 is 0 Å². The van der Waals surface area contributed by atoms with Crippen molar-refractivity contribution in [2.75, 3.05) is 6.54 Å². The van der Waals surface area contributed by atoms with Crippen LogP contribution in [0.25, 0.3) is 5.69 Å². The summed E-state index contributed by atoms with van der Waals surface area (Å²) in [6.45, 7) is 3.17. The van der Waals surface area contributed by atoms with Crippen molar-refractivity contribution in [1.82, 2.24) is 14.9 Å². The Hall–Kier alpha value is -1.32. The van der Waals surface area contributed by atoms with E-state index in [1.165, 1.54) is 24.1 Å². The average Bonchev–Trinajstić information content (AvgIpc) is 2.98. The van der Waals surface area contributed by atoms with Crippen LogP contribution in [-0.2, 0) is 0 Å². The van der Waals surface area contributed by atoms with E-state index in [4.69, 9.17) is 11.6 Å². The van der Waals surface area contributed by atoms with Gasteiger partial charge in [-0.3, -0.25) is 0 Å². The van der Waals surface area contributed by atoms with Gasteiger partial charge in [0.1, 0.15) is 0 Å². The largest absolute Gasteiger partial charge is 0.309 e. The van der Waals surface area contributed by atoms with Gasteiger partial charge in [0.15, 0.2) is 0 Å². The second-order valence-electron chi connectivity index (χ2n) is 4.77. The molecule has 0 spiro atoms. The van der Waals surface area contributed by atoms with Crippen LogP contribution >= 0.6 is 11.6 Å². The Labute approximate surface area is 112 Å². The van der Waals surface area contributed by atoms with E-state index in [1.54, 1.807) is 0 Å². The lowest BCUT2D eigenvalue weighted by molar-refractivity contribution is 0.615. The maximum absolute atomic E-state index is 6.01. The SMILES string of the molecule is Cc1cc(Cl)ccc1-n1cncc1C1CCCN1. The monoisotopic (exact) mass is 261 g/mol. The van der Waals surface area contributed by atoms with Crippen LogP contribution in [0.15, 0.2) is 30.7 Å². The Balaban J connectivity index is 2.03. The van der Waals surface area contributed by atoms with Crippen LogP contribution in [0.3, 0.4) is 0 Å². The number of aromatic nitrogens is 2. The number of nitrogens with zero attached hydrogens (tertiary/aromatic N) is 2. The van der Waals surface area contributed by atoms with Gasteiger partial charge in [-0.1, -0.05) is 11.6 Å². The molecular weight excluding hydrogens is 246 g/mol. The normalized spacial score (nSPS) is 19.3. The van der Waals surface area contributed by atoms with E-state index in [0.717, 1.165) is 17.3 Å². The van der Waals surface area contributed by atoms with Crippen molar-refractivity contribution in [3.8, 4) is 5.69 Å². The van der Waals surface area contributed by atoms with Crippen LogP contribution in [0, 0.1) is 6.92 Å². The van der Waals surface area contributed by atoms with Gasteiger partial charge >= 0.3 is 0 Å². The van der Waals surface area contributed by atoms with Gasteiger partial charge in [0, 0.05) is 16.8 Å².